The van der Waals surface area contributed by atoms with E-state index < -0.39 is 9.84 Å². The Hall–Kier alpha value is -2.05. The third-order valence-corrected chi connectivity index (χ3v) is 6.86. The first kappa shape index (κ1) is 21.7. The van der Waals surface area contributed by atoms with Gasteiger partial charge in [-0.05, 0) is 54.3 Å². The minimum atomic E-state index is -3.11. The van der Waals surface area contributed by atoms with E-state index in [0.29, 0.717) is 41.8 Å². The first-order chi connectivity index (χ1) is 13.7. The highest BCUT2D eigenvalue weighted by Gasteiger charge is 2.35. The first-order valence-corrected chi connectivity index (χ1v) is 11.9. The van der Waals surface area contributed by atoms with Gasteiger partial charge >= 0.3 is 0 Å². The molecule has 0 spiro atoms. The number of hydrogen-bond donors (Lipinski definition) is 0. The number of rotatable bonds is 7. The summed E-state index contributed by atoms with van der Waals surface area (Å²) in [6, 6.07) is 13.9. The maximum absolute atomic E-state index is 13.3. The van der Waals surface area contributed by atoms with Crippen molar-refractivity contribution in [2.75, 3.05) is 18.1 Å². The molecule has 2 aromatic rings. The van der Waals surface area contributed by atoms with Crippen molar-refractivity contribution in [3.8, 4) is 5.75 Å². The topological polar surface area (TPSA) is 63.7 Å². The molecule has 1 atom stereocenters. The lowest BCUT2D eigenvalue weighted by Gasteiger charge is -2.28. The normalized spacial score (nSPS) is 18.0. The molecule has 1 amide bonds. The Balaban J connectivity index is 1.80. The zero-order valence-corrected chi connectivity index (χ0v) is 18.2. The van der Waals surface area contributed by atoms with Crippen LogP contribution in [0.15, 0.2) is 48.5 Å². The summed E-state index contributed by atoms with van der Waals surface area (Å²) in [5.74, 6) is 1.06. The molecule has 5 nitrogen and oxygen atoms in total. The largest absolute Gasteiger partial charge is 0.493 e. The van der Waals surface area contributed by atoms with Crippen molar-refractivity contribution >= 4 is 27.3 Å². The maximum Gasteiger partial charge on any atom is 0.254 e. The van der Waals surface area contributed by atoms with Crippen LogP contribution in [0.1, 0.15) is 36.2 Å². The molecule has 1 saturated heterocycles. The summed E-state index contributed by atoms with van der Waals surface area (Å²) in [4.78, 5) is 14.9. The lowest BCUT2D eigenvalue weighted by Crippen LogP contribution is -2.40. The predicted octanol–water partition coefficient (Wildman–Crippen LogP) is 4.20. The fraction of sp³-hybridized carbons (Fsp3) is 0.409. The molecular formula is C22H26ClNO4S. The summed E-state index contributed by atoms with van der Waals surface area (Å²) < 4.78 is 29.7. The summed E-state index contributed by atoms with van der Waals surface area (Å²) in [6.07, 6.45) is 0.456. The number of hydrogen-bond acceptors (Lipinski definition) is 4. The van der Waals surface area contributed by atoms with Gasteiger partial charge in [0.15, 0.2) is 9.84 Å². The monoisotopic (exact) mass is 435 g/mol. The van der Waals surface area contributed by atoms with E-state index in [1.165, 1.54) is 0 Å². The molecule has 0 bridgehead atoms. The summed E-state index contributed by atoms with van der Waals surface area (Å²) in [5.41, 5.74) is 1.42. The van der Waals surface area contributed by atoms with Gasteiger partial charge in [0.1, 0.15) is 5.75 Å². The highest BCUT2D eigenvalue weighted by atomic mass is 35.5. The molecule has 0 aromatic heterocycles. The van der Waals surface area contributed by atoms with Crippen LogP contribution >= 0.6 is 11.6 Å². The number of halogens is 1. The third-order valence-electron chi connectivity index (χ3n) is 4.86. The molecule has 29 heavy (non-hydrogen) atoms. The van der Waals surface area contributed by atoms with Crippen LogP contribution in [0.3, 0.4) is 0 Å². The number of amides is 1. The van der Waals surface area contributed by atoms with Crippen LogP contribution in [0.25, 0.3) is 0 Å². The van der Waals surface area contributed by atoms with Crippen molar-refractivity contribution < 1.29 is 17.9 Å². The molecule has 2 aromatic carbocycles. The van der Waals surface area contributed by atoms with E-state index in [-0.39, 0.29) is 23.5 Å². The number of carbonyl (C=O) groups is 1. The first-order valence-electron chi connectivity index (χ1n) is 9.72. The molecule has 1 fully saturated rings. The lowest BCUT2D eigenvalue weighted by molar-refractivity contribution is 0.0681. The maximum atomic E-state index is 13.3. The van der Waals surface area contributed by atoms with Gasteiger partial charge in [0, 0.05) is 23.2 Å². The Labute approximate surface area is 177 Å². The molecule has 7 heteroatoms. The molecular weight excluding hydrogens is 410 g/mol. The van der Waals surface area contributed by atoms with E-state index in [1.54, 1.807) is 41.3 Å². The van der Waals surface area contributed by atoms with Gasteiger partial charge in [0.05, 0.1) is 18.1 Å². The fourth-order valence-electron chi connectivity index (χ4n) is 3.30. The van der Waals surface area contributed by atoms with Gasteiger partial charge in [0.2, 0.25) is 0 Å². The molecule has 156 valence electrons. The van der Waals surface area contributed by atoms with E-state index >= 15 is 0 Å². The molecule has 0 saturated carbocycles. The van der Waals surface area contributed by atoms with Crippen molar-refractivity contribution in [2.24, 2.45) is 5.92 Å². The molecule has 1 aliphatic heterocycles. The number of nitrogens with zero attached hydrogens (tertiary/aromatic N) is 1. The van der Waals surface area contributed by atoms with Gasteiger partial charge in [-0.3, -0.25) is 4.79 Å². The average Bonchev–Trinajstić information content (AvgIpc) is 3.05. The quantitative estimate of drug-likeness (QED) is 0.653. The molecule has 1 heterocycles. The van der Waals surface area contributed by atoms with Gasteiger partial charge in [-0.25, -0.2) is 8.42 Å². The summed E-state index contributed by atoms with van der Waals surface area (Å²) in [7, 11) is -3.11. The Morgan fingerprint density at radius 3 is 2.34 bits per heavy atom. The van der Waals surface area contributed by atoms with Crippen molar-refractivity contribution in [3.05, 3.63) is 64.7 Å². The Kier molecular flexibility index (Phi) is 6.85. The van der Waals surface area contributed by atoms with Gasteiger partial charge < -0.3 is 9.64 Å². The number of benzene rings is 2. The molecule has 0 aliphatic carbocycles. The number of sulfone groups is 1. The zero-order valence-electron chi connectivity index (χ0n) is 16.7. The second-order valence-corrected chi connectivity index (χ2v) is 10.5. The van der Waals surface area contributed by atoms with E-state index in [9.17, 15) is 13.2 Å². The minimum absolute atomic E-state index is 0.00190. The van der Waals surface area contributed by atoms with Crippen molar-refractivity contribution in [2.45, 2.75) is 32.9 Å². The number of carbonyl (C=O) groups excluding carboxylic acids is 1. The van der Waals surface area contributed by atoms with Crippen LogP contribution < -0.4 is 4.74 Å². The van der Waals surface area contributed by atoms with Gasteiger partial charge in [-0.15, -0.1) is 0 Å². The van der Waals surface area contributed by atoms with Crippen LogP contribution in [-0.4, -0.2) is 43.4 Å². The van der Waals surface area contributed by atoms with Crippen molar-refractivity contribution in [3.63, 3.8) is 0 Å². The summed E-state index contributed by atoms with van der Waals surface area (Å²) in [5, 5.41) is 0.618. The molecule has 0 N–H and O–H groups in total. The Bertz CT molecular complexity index is 940. The van der Waals surface area contributed by atoms with Crippen LogP contribution in [0.4, 0.5) is 0 Å². The SMILES string of the molecule is CC(C)COc1ccc(C(=O)N(Cc2ccc(Cl)cc2)C2CCS(=O)(=O)C2)cc1. The van der Waals surface area contributed by atoms with E-state index in [4.69, 9.17) is 16.3 Å². The molecule has 1 unspecified atom stereocenters. The smallest absolute Gasteiger partial charge is 0.254 e. The summed E-state index contributed by atoms with van der Waals surface area (Å²) >= 11 is 5.96. The highest BCUT2D eigenvalue weighted by Crippen LogP contribution is 2.24. The minimum Gasteiger partial charge on any atom is -0.493 e. The zero-order chi connectivity index (χ0) is 21.0. The lowest BCUT2D eigenvalue weighted by atomic mass is 10.1. The van der Waals surface area contributed by atoms with Gasteiger partial charge in [-0.2, -0.15) is 0 Å². The van der Waals surface area contributed by atoms with Crippen LogP contribution in [-0.2, 0) is 16.4 Å². The highest BCUT2D eigenvalue weighted by molar-refractivity contribution is 7.91. The van der Waals surface area contributed by atoms with E-state index in [0.717, 1.165) is 5.56 Å². The third kappa shape index (κ3) is 5.97. The standard InChI is InChI=1S/C22H26ClNO4S/c1-16(2)14-28-21-9-5-18(6-10-21)22(25)24(20-11-12-29(26,27)15-20)13-17-3-7-19(23)8-4-17/h3-10,16,20H,11-15H2,1-2H3. The molecule has 3 rings (SSSR count). The number of ether oxygens (including phenoxy) is 1. The molecule has 1 aliphatic rings. The van der Waals surface area contributed by atoms with Gasteiger partial charge in [-0.1, -0.05) is 37.6 Å². The summed E-state index contributed by atoms with van der Waals surface area (Å²) in [6.45, 7) is 5.09. The second-order valence-electron chi connectivity index (χ2n) is 7.85. The molecule has 0 radical (unpaired) electrons. The van der Waals surface area contributed by atoms with Crippen LogP contribution in [0.5, 0.6) is 5.75 Å². The average molecular weight is 436 g/mol. The predicted molar refractivity (Wildman–Crippen MR) is 115 cm³/mol. The van der Waals surface area contributed by atoms with Gasteiger partial charge in [0.25, 0.3) is 5.91 Å². The van der Waals surface area contributed by atoms with Crippen molar-refractivity contribution in [1.29, 1.82) is 0 Å². The second kappa shape index (κ2) is 9.18. The van der Waals surface area contributed by atoms with E-state index in [2.05, 4.69) is 13.8 Å². The van der Waals surface area contributed by atoms with E-state index in [1.807, 2.05) is 12.1 Å². The Morgan fingerprint density at radius 1 is 1.14 bits per heavy atom. The fourth-order valence-corrected chi connectivity index (χ4v) is 5.15. The van der Waals surface area contributed by atoms with Crippen LogP contribution in [0.2, 0.25) is 5.02 Å². The van der Waals surface area contributed by atoms with Crippen molar-refractivity contribution in [1.82, 2.24) is 4.90 Å². The van der Waals surface area contributed by atoms with Crippen LogP contribution in [0, 0.1) is 5.92 Å². The Morgan fingerprint density at radius 2 is 1.79 bits per heavy atom.